The van der Waals surface area contributed by atoms with Gasteiger partial charge in [-0.2, -0.15) is 0 Å². The number of hydrogen-bond donors (Lipinski definition) is 2. The first kappa shape index (κ1) is 23.9. The molecule has 0 radical (unpaired) electrons. The molecule has 0 aliphatic rings. The number of halogens is 1. The van der Waals surface area contributed by atoms with Gasteiger partial charge in [-0.15, -0.1) is 10.2 Å². The van der Waals surface area contributed by atoms with Crippen molar-refractivity contribution in [1.29, 1.82) is 0 Å². The fourth-order valence-corrected chi connectivity index (χ4v) is 5.01. The van der Waals surface area contributed by atoms with Gasteiger partial charge in [-0.05, 0) is 42.7 Å². The number of aryl methyl sites for hydroxylation is 1. The first-order valence-electron chi connectivity index (χ1n) is 9.44. The second kappa shape index (κ2) is 10.7. The lowest BCUT2D eigenvalue weighted by Crippen LogP contribution is -2.25. The zero-order chi connectivity index (χ0) is 23.1. The summed E-state index contributed by atoms with van der Waals surface area (Å²) in [5.41, 5.74) is 1.24. The van der Waals surface area contributed by atoms with Gasteiger partial charge in [0.1, 0.15) is 0 Å². The molecule has 0 saturated heterocycles. The van der Waals surface area contributed by atoms with Crippen LogP contribution in [0.4, 0.5) is 5.13 Å². The van der Waals surface area contributed by atoms with Crippen LogP contribution in [0.1, 0.15) is 22.3 Å². The number of sulfonamides is 1. The number of aromatic nitrogens is 2. The van der Waals surface area contributed by atoms with Crippen LogP contribution >= 0.6 is 22.9 Å². The van der Waals surface area contributed by atoms with Crippen LogP contribution in [0.3, 0.4) is 0 Å². The van der Waals surface area contributed by atoms with Crippen molar-refractivity contribution >= 4 is 44.0 Å². The quantitative estimate of drug-likeness (QED) is 0.326. The van der Waals surface area contributed by atoms with Gasteiger partial charge in [-0.25, -0.2) is 13.1 Å². The third-order valence-corrected chi connectivity index (χ3v) is 7.35. The largest absolute Gasteiger partial charge is 0.493 e. The molecule has 0 unspecified atom stereocenters. The summed E-state index contributed by atoms with van der Waals surface area (Å²) < 4.78 is 37.7. The highest BCUT2D eigenvalue weighted by Crippen LogP contribution is 2.28. The number of nitrogens with zero attached hydrogens (tertiary/aromatic N) is 2. The number of hydrogen-bond acceptors (Lipinski definition) is 8. The van der Waals surface area contributed by atoms with E-state index < -0.39 is 15.9 Å². The zero-order valence-electron chi connectivity index (χ0n) is 17.3. The van der Waals surface area contributed by atoms with E-state index in [-0.39, 0.29) is 26.6 Å². The smallest absolute Gasteiger partial charge is 0.269 e. The van der Waals surface area contributed by atoms with Gasteiger partial charge in [0.15, 0.2) is 11.5 Å². The van der Waals surface area contributed by atoms with Crippen LogP contribution in [0, 0.1) is 0 Å². The summed E-state index contributed by atoms with van der Waals surface area (Å²) >= 11 is 6.75. The Morgan fingerprint density at radius 1 is 1.09 bits per heavy atom. The van der Waals surface area contributed by atoms with Gasteiger partial charge in [-0.1, -0.05) is 41.1 Å². The Morgan fingerprint density at radius 3 is 2.56 bits per heavy atom. The molecule has 3 rings (SSSR count). The van der Waals surface area contributed by atoms with E-state index in [0.717, 1.165) is 16.9 Å². The molecule has 0 atom stereocenters. The average molecular weight is 497 g/mol. The van der Waals surface area contributed by atoms with E-state index in [0.29, 0.717) is 24.3 Å². The molecule has 32 heavy (non-hydrogen) atoms. The topological polar surface area (TPSA) is 120 Å². The summed E-state index contributed by atoms with van der Waals surface area (Å²) in [6.45, 7) is 0.206. The van der Waals surface area contributed by atoms with Gasteiger partial charge < -0.3 is 9.47 Å². The Balaban J connectivity index is 1.54. The van der Waals surface area contributed by atoms with Crippen LogP contribution in [0.25, 0.3) is 0 Å². The summed E-state index contributed by atoms with van der Waals surface area (Å²) in [7, 11) is -0.732. The highest BCUT2D eigenvalue weighted by Gasteiger charge is 2.21. The van der Waals surface area contributed by atoms with E-state index in [4.69, 9.17) is 21.1 Å². The number of benzene rings is 2. The summed E-state index contributed by atoms with van der Waals surface area (Å²) in [6.07, 6.45) is 1.20. The molecular formula is C20H21ClN4O5S2. The molecule has 1 aromatic heterocycles. The Labute approximate surface area is 194 Å². The van der Waals surface area contributed by atoms with Crippen LogP contribution < -0.4 is 19.5 Å². The molecule has 0 fully saturated rings. The van der Waals surface area contributed by atoms with Gasteiger partial charge in [0.2, 0.25) is 9.47 Å². The molecule has 0 bridgehead atoms. The van der Waals surface area contributed by atoms with Crippen molar-refractivity contribution in [3.05, 3.63) is 58.6 Å². The Kier molecular flexibility index (Phi) is 8.02. The number of rotatable bonds is 10. The number of methoxy groups -OCH3 is 2. The maximum absolute atomic E-state index is 12.5. The highest BCUT2D eigenvalue weighted by molar-refractivity contribution is 7.91. The normalized spacial score (nSPS) is 11.2. The monoisotopic (exact) mass is 496 g/mol. The second-order valence-electron chi connectivity index (χ2n) is 6.50. The first-order valence-corrected chi connectivity index (χ1v) is 12.1. The molecule has 0 saturated carbocycles. The number of ether oxygens (including phenoxy) is 2. The van der Waals surface area contributed by atoms with Crippen LogP contribution in [0.2, 0.25) is 5.02 Å². The van der Waals surface area contributed by atoms with Gasteiger partial charge in [0.25, 0.3) is 15.9 Å². The van der Waals surface area contributed by atoms with Crippen molar-refractivity contribution in [3.8, 4) is 11.5 Å². The van der Waals surface area contributed by atoms with Crippen molar-refractivity contribution in [2.45, 2.75) is 17.2 Å². The molecule has 2 aromatic carbocycles. The van der Waals surface area contributed by atoms with Crippen LogP contribution in [0.15, 0.2) is 46.8 Å². The maximum Gasteiger partial charge on any atom is 0.269 e. The lowest BCUT2D eigenvalue weighted by molar-refractivity contribution is 0.102. The lowest BCUT2D eigenvalue weighted by atomic mass is 10.1. The third kappa shape index (κ3) is 5.94. The van der Waals surface area contributed by atoms with E-state index in [9.17, 15) is 13.2 Å². The number of carbonyl (C=O) groups is 1. The van der Waals surface area contributed by atoms with Crippen molar-refractivity contribution in [2.24, 2.45) is 0 Å². The Hall–Kier alpha value is -2.73. The van der Waals surface area contributed by atoms with Crippen LogP contribution in [0.5, 0.6) is 11.5 Å². The lowest BCUT2D eigenvalue weighted by Gasteiger charge is -2.09. The van der Waals surface area contributed by atoms with E-state index >= 15 is 0 Å². The molecule has 12 heteroatoms. The van der Waals surface area contributed by atoms with E-state index in [1.165, 1.54) is 0 Å². The minimum atomic E-state index is -3.85. The highest BCUT2D eigenvalue weighted by atomic mass is 35.5. The predicted octanol–water partition coefficient (Wildman–Crippen LogP) is 3.37. The minimum Gasteiger partial charge on any atom is -0.493 e. The Bertz CT molecular complexity index is 1200. The number of carbonyl (C=O) groups excluding carboxylic acids is 1. The number of anilines is 1. The number of nitrogens with one attached hydrogen (secondary N) is 2. The average Bonchev–Trinajstić information content (AvgIpc) is 3.26. The van der Waals surface area contributed by atoms with Crippen molar-refractivity contribution < 1.29 is 22.7 Å². The molecule has 0 spiro atoms. The van der Waals surface area contributed by atoms with Crippen molar-refractivity contribution in [1.82, 2.24) is 14.9 Å². The number of amides is 1. The molecule has 0 aliphatic heterocycles. The molecule has 3 aromatic rings. The Morgan fingerprint density at radius 2 is 1.84 bits per heavy atom. The van der Waals surface area contributed by atoms with Crippen LogP contribution in [-0.4, -0.2) is 45.3 Å². The predicted molar refractivity (Wildman–Crippen MR) is 122 cm³/mol. The molecule has 0 aliphatic carbocycles. The summed E-state index contributed by atoms with van der Waals surface area (Å²) in [6, 6.07) is 12.1. The molecule has 9 nitrogen and oxygen atoms in total. The summed E-state index contributed by atoms with van der Waals surface area (Å²) in [5.74, 6) is 0.745. The van der Waals surface area contributed by atoms with Gasteiger partial charge in [0.05, 0.1) is 24.8 Å². The standard InChI is InChI=1S/C20H21ClN4O5S2/c1-29-16-10-9-13(12-17(16)30-2)6-5-11-22-32(27,28)20-25-24-19(31-20)23-18(26)14-7-3-4-8-15(14)21/h3-4,7-10,12,22H,5-6,11H2,1-2H3,(H,23,24,26). The third-order valence-electron chi connectivity index (χ3n) is 4.36. The first-order chi connectivity index (χ1) is 15.3. The molecule has 170 valence electrons. The fourth-order valence-electron chi connectivity index (χ4n) is 2.78. The second-order valence-corrected chi connectivity index (χ2v) is 9.82. The fraction of sp³-hybridized carbons (Fsp3) is 0.250. The molecular weight excluding hydrogens is 476 g/mol. The van der Waals surface area contributed by atoms with E-state index in [2.05, 4.69) is 20.2 Å². The van der Waals surface area contributed by atoms with E-state index in [1.54, 1.807) is 44.6 Å². The van der Waals surface area contributed by atoms with Gasteiger partial charge in [0, 0.05) is 6.54 Å². The van der Waals surface area contributed by atoms with Crippen molar-refractivity contribution in [3.63, 3.8) is 0 Å². The van der Waals surface area contributed by atoms with Gasteiger partial charge in [-0.3, -0.25) is 10.1 Å². The molecule has 2 N–H and O–H groups in total. The SMILES string of the molecule is COc1ccc(CCCNS(=O)(=O)c2nnc(NC(=O)c3ccccc3Cl)s2)cc1OC. The van der Waals surface area contributed by atoms with E-state index in [1.807, 2.05) is 12.1 Å². The van der Waals surface area contributed by atoms with Gasteiger partial charge >= 0.3 is 0 Å². The molecule has 1 heterocycles. The minimum absolute atomic E-state index is 0.0561. The van der Waals surface area contributed by atoms with Crippen molar-refractivity contribution in [2.75, 3.05) is 26.1 Å². The summed E-state index contributed by atoms with van der Waals surface area (Å²) in [5, 5.41) is 10.3. The summed E-state index contributed by atoms with van der Waals surface area (Å²) in [4.78, 5) is 12.3. The maximum atomic E-state index is 12.5. The zero-order valence-corrected chi connectivity index (χ0v) is 19.7. The van der Waals surface area contributed by atoms with Crippen LogP contribution in [-0.2, 0) is 16.4 Å². The molecule has 1 amide bonds.